The van der Waals surface area contributed by atoms with Crippen LogP contribution in [0.4, 0.5) is 0 Å². The van der Waals surface area contributed by atoms with Crippen LogP contribution in [0.3, 0.4) is 0 Å². The Morgan fingerprint density at radius 1 is 1.13 bits per heavy atom. The zero-order valence-electron chi connectivity index (χ0n) is 17.4. The lowest BCUT2D eigenvalue weighted by Crippen LogP contribution is -2.44. The molecule has 5 heteroatoms. The van der Waals surface area contributed by atoms with Gasteiger partial charge in [-0.05, 0) is 55.0 Å². The van der Waals surface area contributed by atoms with Crippen molar-refractivity contribution in [1.29, 1.82) is 0 Å². The molecule has 0 spiro atoms. The van der Waals surface area contributed by atoms with E-state index >= 15 is 0 Å². The van der Waals surface area contributed by atoms with Gasteiger partial charge in [-0.3, -0.25) is 10.1 Å². The molecule has 0 aromatic heterocycles. The molecule has 0 saturated carbocycles. The third-order valence-corrected chi connectivity index (χ3v) is 6.04. The van der Waals surface area contributed by atoms with Gasteiger partial charge in [0, 0.05) is 17.0 Å². The molecule has 0 bridgehead atoms. The predicted octanol–water partition coefficient (Wildman–Crippen LogP) is 4.87. The summed E-state index contributed by atoms with van der Waals surface area (Å²) in [6.45, 7) is 2.01. The number of ether oxygens (including phenoxy) is 1. The number of rotatable bonds is 5. The fourth-order valence-corrected chi connectivity index (χ4v) is 4.40. The summed E-state index contributed by atoms with van der Waals surface area (Å²) in [6, 6.07) is 19.7. The molecule has 0 radical (unpaired) electrons. The maximum atomic E-state index is 12.8. The predicted molar refractivity (Wildman–Crippen MR) is 121 cm³/mol. The first-order valence-electron chi connectivity index (χ1n) is 10.8. The van der Waals surface area contributed by atoms with Crippen LogP contribution in [-0.4, -0.2) is 17.4 Å². The number of fused-ring (bicyclic) bond motifs is 3. The van der Waals surface area contributed by atoms with E-state index in [1.54, 1.807) is 0 Å². The highest BCUT2D eigenvalue weighted by atomic mass is 16.5. The summed E-state index contributed by atoms with van der Waals surface area (Å²) in [4.78, 5) is 12.8. The molecule has 2 aliphatic carbocycles. The summed E-state index contributed by atoms with van der Waals surface area (Å²) >= 11 is 0. The second kappa shape index (κ2) is 8.08. The first-order chi connectivity index (χ1) is 15.1. The van der Waals surface area contributed by atoms with Gasteiger partial charge >= 0.3 is 0 Å². The fraction of sp³-hybridized carbons (Fsp3) is 0.269. The van der Waals surface area contributed by atoms with Crippen LogP contribution in [0.25, 0.3) is 22.3 Å². The number of aromatic hydroxyl groups is 1. The van der Waals surface area contributed by atoms with Gasteiger partial charge < -0.3 is 14.3 Å². The monoisotopic (exact) mass is 415 g/mol. The minimum atomic E-state index is -0.555. The molecule has 0 fully saturated rings. The second-order valence-electron chi connectivity index (χ2n) is 8.15. The normalized spacial score (nSPS) is 16.9. The number of phenolic OH excluding ortho intramolecular Hbond substituents is 1. The molecule has 2 N–H and O–H groups in total. The minimum Gasteiger partial charge on any atom is -0.504 e. The average molecular weight is 415 g/mol. The smallest absolute Gasteiger partial charge is 0.265 e. The van der Waals surface area contributed by atoms with Crippen LogP contribution in [0.5, 0.6) is 11.5 Å². The van der Waals surface area contributed by atoms with Crippen molar-refractivity contribution in [3.8, 4) is 22.8 Å². The maximum absolute atomic E-state index is 12.8. The van der Waals surface area contributed by atoms with E-state index in [1.165, 1.54) is 17.2 Å². The number of hydrogen-bond acceptors (Lipinski definition) is 5. The van der Waals surface area contributed by atoms with E-state index in [9.17, 15) is 9.90 Å². The summed E-state index contributed by atoms with van der Waals surface area (Å²) in [5, 5.41) is 14.7. The Balaban J connectivity index is 1.45. The molecule has 158 valence electrons. The Bertz CT molecular complexity index is 1260. The lowest BCUT2D eigenvalue weighted by molar-refractivity contribution is 0.136. The van der Waals surface area contributed by atoms with Crippen LogP contribution in [0.1, 0.15) is 30.9 Å². The number of hydrogen-bond donors (Lipinski definition) is 2. The summed E-state index contributed by atoms with van der Waals surface area (Å²) in [6.07, 6.45) is 3.26. The number of phenols is 1. The van der Waals surface area contributed by atoms with Gasteiger partial charge in [-0.15, -0.1) is 0 Å². The summed E-state index contributed by atoms with van der Waals surface area (Å²) < 4.78 is 12.2. The van der Waals surface area contributed by atoms with Crippen LogP contribution < -0.4 is 15.5 Å². The quantitative estimate of drug-likeness (QED) is 0.360. The largest absolute Gasteiger partial charge is 0.504 e. The molecule has 5 nitrogen and oxygen atoms in total. The van der Waals surface area contributed by atoms with Crippen molar-refractivity contribution in [3.63, 3.8) is 0 Å². The number of aryl methyl sites for hydroxylation is 1. The molecule has 31 heavy (non-hydrogen) atoms. The molecule has 3 aliphatic rings. The molecule has 2 unspecified atom stereocenters. The number of nitrogens with one attached hydrogen (secondary N) is 1. The fourth-order valence-electron chi connectivity index (χ4n) is 4.40. The molecular formula is C26H25NO4. The van der Waals surface area contributed by atoms with E-state index in [0.29, 0.717) is 23.3 Å². The van der Waals surface area contributed by atoms with Crippen molar-refractivity contribution in [2.45, 2.75) is 44.9 Å². The molecule has 1 aliphatic heterocycles. The maximum Gasteiger partial charge on any atom is 0.265 e. The lowest BCUT2D eigenvalue weighted by atomic mass is 9.88. The highest BCUT2D eigenvalue weighted by Gasteiger charge is 2.26. The van der Waals surface area contributed by atoms with Crippen molar-refractivity contribution in [2.24, 2.45) is 0 Å². The third-order valence-electron chi connectivity index (χ3n) is 6.04. The van der Waals surface area contributed by atoms with Crippen molar-refractivity contribution >= 4 is 11.0 Å². The second-order valence-corrected chi connectivity index (χ2v) is 8.15. The lowest BCUT2D eigenvalue weighted by Gasteiger charge is -2.30. The SMILES string of the molecule is CCC(NC1CCc2ccccc2C1)Oc1c2oc3ccccc3cc-2cc(O)c1=O. The molecular weight excluding hydrogens is 390 g/mol. The zero-order valence-corrected chi connectivity index (χ0v) is 17.4. The van der Waals surface area contributed by atoms with E-state index in [0.717, 1.165) is 24.6 Å². The first-order valence-corrected chi connectivity index (χ1v) is 10.8. The van der Waals surface area contributed by atoms with Crippen LogP contribution in [0.15, 0.2) is 69.9 Å². The summed E-state index contributed by atoms with van der Waals surface area (Å²) in [5.41, 5.74) is 3.50. The Kier molecular flexibility index (Phi) is 5.12. The standard InChI is InChI=1S/C26H25NO4/c1-2-23(27-20-12-11-16-7-3-4-8-17(16)14-20)31-26-24(29)21(28)15-19-13-18-9-5-6-10-22(18)30-25(19)26/h3-10,13,15,20,23,27-28H,2,11-12,14H2,1H3. The zero-order chi connectivity index (χ0) is 21.4. The van der Waals surface area contributed by atoms with Crippen molar-refractivity contribution in [1.82, 2.24) is 5.32 Å². The van der Waals surface area contributed by atoms with E-state index < -0.39 is 5.43 Å². The van der Waals surface area contributed by atoms with Gasteiger partial charge in [-0.2, -0.15) is 0 Å². The van der Waals surface area contributed by atoms with Crippen LogP contribution >= 0.6 is 0 Å². The summed E-state index contributed by atoms with van der Waals surface area (Å²) in [5.74, 6) is 0.0708. The minimum absolute atomic E-state index is 0.0521. The third kappa shape index (κ3) is 3.77. The number of benzene rings is 3. The Morgan fingerprint density at radius 2 is 1.90 bits per heavy atom. The van der Waals surface area contributed by atoms with Crippen molar-refractivity contribution in [3.05, 3.63) is 82.0 Å². The first kappa shape index (κ1) is 19.6. The van der Waals surface area contributed by atoms with E-state index in [4.69, 9.17) is 9.15 Å². The van der Waals surface area contributed by atoms with Gasteiger partial charge in [0.05, 0.1) is 0 Å². The number of para-hydroxylation sites is 1. The highest BCUT2D eigenvalue weighted by molar-refractivity contribution is 5.84. The van der Waals surface area contributed by atoms with Gasteiger partial charge in [0.2, 0.25) is 5.75 Å². The van der Waals surface area contributed by atoms with Crippen LogP contribution in [0.2, 0.25) is 0 Å². The Hall–Kier alpha value is -3.31. The average Bonchev–Trinajstić information content (AvgIpc) is 2.80. The van der Waals surface area contributed by atoms with Crippen molar-refractivity contribution < 1.29 is 14.3 Å². The van der Waals surface area contributed by atoms with Crippen LogP contribution in [0, 0.1) is 0 Å². The highest BCUT2D eigenvalue weighted by Crippen LogP contribution is 2.36. The van der Waals surface area contributed by atoms with Gasteiger partial charge in [0.25, 0.3) is 5.43 Å². The van der Waals surface area contributed by atoms with Crippen LogP contribution in [-0.2, 0) is 12.8 Å². The van der Waals surface area contributed by atoms with Gasteiger partial charge in [-0.25, -0.2) is 0 Å². The van der Waals surface area contributed by atoms with Gasteiger partial charge in [0.15, 0.2) is 17.7 Å². The topological polar surface area (TPSA) is 71.7 Å². The van der Waals surface area contributed by atoms with Crippen molar-refractivity contribution in [2.75, 3.05) is 0 Å². The van der Waals surface area contributed by atoms with Gasteiger partial charge in [-0.1, -0.05) is 49.4 Å². The Labute approximate surface area is 180 Å². The molecule has 0 amide bonds. The Morgan fingerprint density at radius 3 is 2.74 bits per heavy atom. The van der Waals surface area contributed by atoms with E-state index in [1.807, 2.05) is 37.3 Å². The van der Waals surface area contributed by atoms with E-state index in [-0.39, 0.29) is 23.8 Å². The van der Waals surface area contributed by atoms with Gasteiger partial charge in [0.1, 0.15) is 5.58 Å². The van der Waals surface area contributed by atoms with E-state index in [2.05, 4.69) is 29.6 Å². The molecule has 2 atom stereocenters. The molecule has 5 rings (SSSR count). The molecule has 2 aromatic rings. The summed E-state index contributed by atoms with van der Waals surface area (Å²) in [7, 11) is 0. The molecule has 0 saturated heterocycles. The molecule has 2 aromatic carbocycles. The molecule has 1 heterocycles.